The third-order valence-corrected chi connectivity index (χ3v) is 7.76. The number of benzene rings is 4. The van der Waals surface area contributed by atoms with Gasteiger partial charge in [-0.2, -0.15) is 0 Å². The first-order valence-corrected chi connectivity index (χ1v) is 11.2. The van der Waals surface area contributed by atoms with Crippen molar-refractivity contribution in [3.63, 3.8) is 0 Å². The van der Waals surface area contributed by atoms with E-state index in [-0.39, 0.29) is 0 Å². The maximum absolute atomic E-state index is 2.49. The highest BCUT2D eigenvalue weighted by molar-refractivity contribution is 7.25. The highest BCUT2D eigenvalue weighted by atomic mass is 32.1. The Morgan fingerprint density at radius 2 is 1.40 bits per heavy atom. The van der Waals surface area contributed by atoms with Crippen LogP contribution in [0.3, 0.4) is 0 Å². The van der Waals surface area contributed by atoms with Gasteiger partial charge in [-0.25, -0.2) is 0 Å². The molecule has 0 amide bonds. The molecule has 0 aliphatic carbocycles. The van der Waals surface area contributed by atoms with Gasteiger partial charge >= 0.3 is 0 Å². The van der Waals surface area contributed by atoms with E-state index < -0.39 is 0 Å². The molecule has 30 heavy (non-hydrogen) atoms. The minimum Gasteiger partial charge on any atom is -0.299 e. The van der Waals surface area contributed by atoms with E-state index in [0.29, 0.717) is 0 Å². The lowest BCUT2D eigenvalue weighted by Crippen LogP contribution is -1.86. The lowest BCUT2D eigenvalue weighted by atomic mass is 9.95. The van der Waals surface area contributed by atoms with Crippen LogP contribution in [0.15, 0.2) is 78.9 Å². The molecule has 7 rings (SSSR count). The smallest absolute Gasteiger partial charge is 0.109 e. The molecule has 142 valence electrons. The molecule has 0 N–H and O–H groups in total. The zero-order chi connectivity index (χ0) is 20.0. The van der Waals surface area contributed by atoms with Gasteiger partial charge in [0.25, 0.3) is 0 Å². The van der Waals surface area contributed by atoms with Crippen molar-refractivity contribution in [1.82, 2.24) is 4.40 Å². The van der Waals surface area contributed by atoms with Crippen molar-refractivity contribution in [2.45, 2.75) is 13.8 Å². The van der Waals surface area contributed by atoms with Crippen LogP contribution in [-0.4, -0.2) is 4.40 Å². The number of fused-ring (bicyclic) bond motifs is 8. The monoisotopic (exact) mass is 401 g/mol. The van der Waals surface area contributed by atoms with Crippen LogP contribution in [0.4, 0.5) is 0 Å². The Labute approximate surface area is 178 Å². The Morgan fingerprint density at radius 3 is 2.30 bits per heavy atom. The molecular formula is C28H19NS. The summed E-state index contributed by atoms with van der Waals surface area (Å²) in [5, 5.41) is 6.83. The fourth-order valence-corrected chi connectivity index (χ4v) is 6.56. The largest absolute Gasteiger partial charge is 0.299 e. The minimum atomic E-state index is 1.31. The van der Waals surface area contributed by atoms with E-state index >= 15 is 0 Å². The van der Waals surface area contributed by atoms with Gasteiger partial charge in [-0.3, -0.25) is 4.40 Å². The molecule has 0 spiro atoms. The van der Waals surface area contributed by atoms with E-state index in [9.17, 15) is 0 Å². The Morgan fingerprint density at radius 1 is 0.633 bits per heavy atom. The van der Waals surface area contributed by atoms with Crippen molar-refractivity contribution < 1.29 is 0 Å². The Hall–Kier alpha value is -3.36. The third kappa shape index (κ3) is 1.92. The summed E-state index contributed by atoms with van der Waals surface area (Å²) in [6, 6.07) is 29.1. The summed E-state index contributed by atoms with van der Waals surface area (Å²) in [5.41, 5.74) is 8.01. The summed E-state index contributed by atoms with van der Waals surface area (Å²) in [5.74, 6) is 0. The van der Waals surface area contributed by atoms with Crippen molar-refractivity contribution in [1.29, 1.82) is 0 Å². The Balaban J connectivity index is 1.70. The molecule has 2 heteroatoms. The summed E-state index contributed by atoms with van der Waals surface area (Å²) in [6.45, 7) is 4.44. The van der Waals surface area contributed by atoms with Crippen LogP contribution >= 0.6 is 11.3 Å². The van der Waals surface area contributed by atoms with E-state index in [2.05, 4.69) is 97.1 Å². The Bertz CT molecular complexity index is 1760. The van der Waals surface area contributed by atoms with Crippen LogP contribution in [0.25, 0.3) is 58.6 Å². The average Bonchev–Trinajstić information content (AvgIpc) is 3.39. The molecule has 1 nitrogen and oxygen atoms in total. The van der Waals surface area contributed by atoms with Crippen LogP contribution in [0, 0.1) is 13.8 Å². The molecule has 0 radical (unpaired) electrons. The van der Waals surface area contributed by atoms with E-state index in [1.54, 1.807) is 0 Å². The summed E-state index contributed by atoms with van der Waals surface area (Å²) < 4.78 is 3.86. The van der Waals surface area contributed by atoms with Crippen LogP contribution < -0.4 is 0 Å². The number of thiophene rings is 1. The van der Waals surface area contributed by atoms with Crippen molar-refractivity contribution in [2.24, 2.45) is 0 Å². The molecule has 3 aromatic heterocycles. The molecule has 0 fully saturated rings. The SMILES string of the molecule is Cc1ccccc1-c1cc2c(cc1C)sc1c2c2cccc3c4ccccc4n1c32. The fraction of sp³-hybridized carbons (Fsp3) is 0.0714. The fourth-order valence-electron chi connectivity index (χ4n) is 5.25. The number of hydrogen-bond acceptors (Lipinski definition) is 1. The number of rotatable bonds is 1. The topological polar surface area (TPSA) is 4.41 Å². The minimum absolute atomic E-state index is 1.31. The van der Waals surface area contributed by atoms with Gasteiger partial charge in [0.15, 0.2) is 0 Å². The van der Waals surface area contributed by atoms with Crippen LogP contribution in [0.5, 0.6) is 0 Å². The molecule has 3 heterocycles. The van der Waals surface area contributed by atoms with Gasteiger partial charge in [-0.1, -0.05) is 60.7 Å². The lowest BCUT2D eigenvalue weighted by molar-refractivity contribution is 1.40. The first-order valence-electron chi connectivity index (χ1n) is 10.4. The van der Waals surface area contributed by atoms with Gasteiger partial charge in [0.2, 0.25) is 0 Å². The molecule has 0 bridgehead atoms. The van der Waals surface area contributed by atoms with Crippen LogP contribution in [0.2, 0.25) is 0 Å². The molecule has 4 aromatic carbocycles. The second kappa shape index (κ2) is 5.62. The van der Waals surface area contributed by atoms with Crippen molar-refractivity contribution in [2.75, 3.05) is 0 Å². The maximum Gasteiger partial charge on any atom is 0.109 e. The highest BCUT2D eigenvalue weighted by Crippen LogP contribution is 2.46. The predicted octanol–water partition coefficient (Wildman–Crippen LogP) is 8.34. The maximum atomic E-state index is 2.49. The first kappa shape index (κ1) is 16.4. The third-order valence-electron chi connectivity index (χ3n) is 6.62. The van der Waals surface area contributed by atoms with E-state index in [1.165, 1.54) is 69.7 Å². The van der Waals surface area contributed by atoms with E-state index in [0.717, 1.165) is 0 Å². The number of nitrogens with zero attached hydrogens (tertiary/aromatic N) is 1. The summed E-state index contributed by atoms with van der Waals surface area (Å²) in [7, 11) is 0. The molecule has 0 saturated heterocycles. The van der Waals surface area contributed by atoms with Gasteiger partial charge in [-0.15, -0.1) is 11.3 Å². The predicted molar refractivity (Wildman–Crippen MR) is 131 cm³/mol. The first-order chi connectivity index (χ1) is 14.7. The second-order valence-electron chi connectivity index (χ2n) is 8.31. The molecule has 0 aliphatic rings. The summed E-state index contributed by atoms with van der Waals surface area (Å²) in [4.78, 5) is 1.36. The van der Waals surface area contributed by atoms with Crippen molar-refractivity contribution >= 4 is 58.8 Å². The van der Waals surface area contributed by atoms with Crippen molar-refractivity contribution in [3.8, 4) is 11.1 Å². The van der Waals surface area contributed by atoms with E-state index in [1.807, 2.05) is 11.3 Å². The molecule has 7 aromatic rings. The van der Waals surface area contributed by atoms with Crippen molar-refractivity contribution in [3.05, 3.63) is 90.0 Å². The van der Waals surface area contributed by atoms with Gasteiger partial charge in [-0.05, 0) is 54.3 Å². The summed E-state index contributed by atoms with van der Waals surface area (Å²) in [6.07, 6.45) is 0. The normalized spacial score (nSPS) is 12.3. The van der Waals surface area contributed by atoms with Crippen LogP contribution in [-0.2, 0) is 0 Å². The quantitative estimate of drug-likeness (QED) is 0.260. The zero-order valence-electron chi connectivity index (χ0n) is 16.9. The molecule has 0 unspecified atom stereocenters. The van der Waals surface area contributed by atoms with Gasteiger partial charge in [0.05, 0.1) is 11.0 Å². The Kier molecular flexibility index (Phi) is 3.08. The molecular weight excluding hydrogens is 382 g/mol. The number of hydrogen-bond donors (Lipinski definition) is 0. The van der Waals surface area contributed by atoms with E-state index in [4.69, 9.17) is 0 Å². The number of para-hydroxylation sites is 2. The highest BCUT2D eigenvalue weighted by Gasteiger charge is 2.21. The zero-order valence-corrected chi connectivity index (χ0v) is 17.7. The number of aromatic nitrogens is 1. The van der Waals surface area contributed by atoms with Gasteiger partial charge < -0.3 is 0 Å². The summed E-state index contributed by atoms with van der Waals surface area (Å²) >= 11 is 1.92. The standard InChI is InChI=1S/C28H19NS/c1-16-8-3-4-9-18(16)22-15-23-25(14-17(22)2)30-28-26(23)21-12-7-11-20-19-10-5-6-13-24(19)29(28)27(20)21/h3-15H,1-2H3. The second-order valence-corrected chi connectivity index (χ2v) is 9.35. The number of aryl methyl sites for hydroxylation is 2. The molecule has 0 saturated carbocycles. The van der Waals surface area contributed by atoms with Gasteiger partial charge in [0, 0.05) is 31.6 Å². The lowest BCUT2D eigenvalue weighted by Gasteiger charge is -2.10. The average molecular weight is 402 g/mol. The van der Waals surface area contributed by atoms with Gasteiger partial charge in [0.1, 0.15) is 4.83 Å². The molecule has 0 aliphatic heterocycles. The molecule has 0 atom stereocenters. The van der Waals surface area contributed by atoms with Crippen LogP contribution in [0.1, 0.15) is 11.1 Å².